The van der Waals surface area contributed by atoms with Gasteiger partial charge in [-0.15, -0.1) is 12.4 Å². The summed E-state index contributed by atoms with van der Waals surface area (Å²) >= 11 is 5.35. The van der Waals surface area contributed by atoms with Crippen molar-refractivity contribution in [1.29, 1.82) is 0 Å². The van der Waals surface area contributed by atoms with Gasteiger partial charge in [-0.25, -0.2) is 0 Å². The van der Waals surface area contributed by atoms with Crippen molar-refractivity contribution in [3.63, 3.8) is 0 Å². The Morgan fingerprint density at radius 3 is 2.83 bits per heavy atom. The van der Waals surface area contributed by atoms with E-state index >= 15 is 0 Å². The fourth-order valence-electron chi connectivity index (χ4n) is 2.32. The monoisotopic (exact) mass is 424 g/mol. The molecule has 0 aliphatic carbocycles. The van der Waals surface area contributed by atoms with E-state index in [0.29, 0.717) is 24.5 Å². The van der Waals surface area contributed by atoms with Gasteiger partial charge in [-0.3, -0.25) is 4.79 Å². The van der Waals surface area contributed by atoms with Crippen molar-refractivity contribution in [2.45, 2.75) is 19.0 Å². The quantitative estimate of drug-likeness (QED) is 0.734. The summed E-state index contributed by atoms with van der Waals surface area (Å²) in [4.78, 5) is 12.0. The van der Waals surface area contributed by atoms with E-state index in [2.05, 4.69) is 26.6 Å². The normalized spacial score (nSPS) is 17.1. The second-order valence-electron chi connectivity index (χ2n) is 5.02. The van der Waals surface area contributed by atoms with Gasteiger partial charge in [-0.2, -0.15) is 11.8 Å². The summed E-state index contributed by atoms with van der Waals surface area (Å²) in [5.41, 5.74) is 0.962. The number of ether oxygens (including phenoxy) is 2. The Balaban J connectivity index is 0.00000264. The molecule has 1 aromatic rings. The SMILES string of the molecule is COc1cc(CNC(=O)CC2CSCCN2)cc(Br)c1OC.Cl. The van der Waals surface area contributed by atoms with E-state index in [0.717, 1.165) is 28.1 Å². The lowest BCUT2D eigenvalue weighted by molar-refractivity contribution is -0.121. The molecule has 0 radical (unpaired) electrons. The molecular weight excluding hydrogens is 404 g/mol. The van der Waals surface area contributed by atoms with Crippen molar-refractivity contribution in [3.8, 4) is 11.5 Å². The molecule has 0 spiro atoms. The largest absolute Gasteiger partial charge is 0.493 e. The third-order valence-electron chi connectivity index (χ3n) is 3.41. The highest BCUT2D eigenvalue weighted by atomic mass is 79.9. The standard InChI is InChI=1S/C15H21BrN2O3S.ClH/c1-20-13-6-10(5-12(16)15(13)21-2)8-18-14(19)7-11-9-22-4-3-17-11;/h5-6,11,17H,3-4,7-9H2,1-2H3,(H,18,19);1H. The van der Waals surface area contributed by atoms with E-state index in [1.165, 1.54) is 0 Å². The summed E-state index contributed by atoms with van der Waals surface area (Å²) < 4.78 is 11.4. The fourth-order valence-corrected chi connectivity index (χ4v) is 3.92. The Morgan fingerprint density at radius 2 is 2.22 bits per heavy atom. The predicted molar refractivity (Wildman–Crippen MR) is 100 cm³/mol. The van der Waals surface area contributed by atoms with Crippen LogP contribution in [0.3, 0.4) is 0 Å². The number of amides is 1. The van der Waals surface area contributed by atoms with Crippen molar-refractivity contribution in [2.75, 3.05) is 32.3 Å². The number of carbonyl (C=O) groups is 1. The molecule has 1 aliphatic heterocycles. The van der Waals surface area contributed by atoms with E-state index in [-0.39, 0.29) is 24.4 Å². The maximum atomic E-state index is 12.0. The van der Waals surface area contributed by atoms with Crippen LogP contribution in [-0.4, -0.2) is 44.2 Å². The average Bonchev–Trinajstić information content (AvgIpc) is 2.53. The number of hydrogen-bond acceptors (Lipinski definition) is 5. The zero-order valence-corrected chi connectivity index (χ0v) is 16.4. The van der Waals surface area contributed by atoms with E-state index in [1.54, 1.807) is 14.2 Å². The first-order valence-corrected chi connectivity index (χ1v) is 9.07. The Labute approximate surface area is 155 Å². The molecular formula is C15H22BrClN2O3S. The molecule has 1 saturated heterocycles. The minimum absolute atomic E-state index is 0. The lowest BCUT2D eigenvalue weighted by Crippen LogP contribution is -2.41. The average molecular weight is 426 g/mol. The van der Waals surface area contributed by atoms with Crippen molar-refractivity contribution < 1.29 is 14.3 Å². The van der Waals surface area contributed by atoms with Crippen LogP contribution in [0.1, 0.15) is 12.0 Å². The second kappa shape index (κ2) is 10.3. The molecule has 1 aliphatic rings. The molecule has 2 N–H and O–H groups in total. The highest BCUT2D eigenvalue weighted by Gasteiger charge is 2.17. The molecule has 8 heteroatoms. The van der Waals surface area contributed by atoms with Gasteiger partial charge in [0, 0.05) is 37.1 Å². The molecule has 0 bridgehead atoms. The number of rotatable bonds is 6. The first-order chi connectivity index (χ1) is 10.6. The number of thioether (sulfide) groups is 1. The second-order valence-corrected chi connectivity index (χ2v) is 7.02. The van der Waals surface area contributed by atoms with Crippen molar-refractivity contribution in [1.82, 2.24) is 10.6 Å². The van der Waals surface area contributed by atoms with Crippen LogP contribution < -0.4 is 20.1 Å². The minimum Gasteiger partial charge on any atom is -0.493 e. The molecule has 1 atom stereocenters. The number of nitrogens with one attached hydrogen (secondary N) is 2. The van der Waals surface area contributed by atoms with E-state index in [4.69, 9.17) is 9.47 Å². The molecule has 1 unspecified atom stereocenters. The minimum atomic E-state index is 0. The van der Waals surface area contributed by atoms with Gasteiger partial charge in [0.2, 0.25) is 5.91 Å². The summed E-state index contributed by atoms with van der Waals surface area (Å²) in [7, 11) is 3.19. The molecule has 0 saturated carbocycles. The summed E-state index contributed by atoms with van der Waals surface area (Å²) in [6, 6.07) is 4.07. The van der Waals surface area contributed by atoms with Gasteiger partial charge in [0.05, 0.1) is 18.7 Å². The molecule has 1 aromatic carbocycles. The lowest BCUT2D eigenvalue weighted by Gasteiger charge is -2.22. The van der Waals surface area contributed by atoms with Crippen LogP contribution >= 0.6 is 40.1 Å². The first-order valence-electron chi connectivity index (χ1n) is 7.12. The third-order valence-corrected chi connectivity index (χ3v) is 5.13. The van der Waals surface area contributed by atoms with Crippen LogP contribution in [0, 0.1) is 0 Å². The Morgan fingerprint density at radius 1 is 1.43 bits per heavy atom. The van der Waals surface area contributed by atoms with Crippen LogP contribution in [0.2, 0.25) is 0 Å². The van der Waals surface area contributed by atoms with Crippen LogP contribution in [0.25, 0.3) is 0 Å². The summed E-state index contributed by atoms with van der Waals surface area (Å²) in [6.07, 6.45) is 0.515. The van der Waals surface area contributed by atoms with Crippen molar-refractivity contribution in [3.05, 3.63) is 22.2 Å². The lowest BCUT2D eigenvalue weighted by atomic mass is 10.2. The molecule has 2 rings (SSSR count). The van der Waals surface area contributed by atoms with Crippen LogP contribution in [-0.2, 0) is 11.3 Å². The molecule has 1 fully saturated rings. The van der Waals surface area contributed by atoms with E-state index < -0.39 is 0 Å². The van der Waals surface area contributed by atoms with E-state index in [9.17, 15) is 4.79 Å². The van der Waals surface area contributed by atoms with Crippen molar-refractivity contribution >= 4 is 46.0 Å². The molecule has 0 aromatic heterocycles. The van der Waals surface area contributed by atoms with Gasteiger partial charge in [0.1, 0.15) is 0 Å². The molecule has 1 amide bonds. The number of carbonyl (C=O) groups excluding carboxylic acids is 1. The van der Waals surface area contributed by atoms with Gasteiger partial charge in [-0.05, 0) is 33.6 Å². The summed E-state index contributed by atoms with van der Waals surface area (Å²) in [6.45, 7) is 1.45. The number of methoxy groups -OCH3 is 2. The van der Waals surface area contributed by atoms with Gasteiger partial charge in [0.25, 0.3) is 0 Å². The van der Waals surface area contributed by atoms with E-state index in [1.807, 2.05) is 23.9 Å². The van der Waals surface area contributed by atoms with Gasteiger partial charge in [-0.1, -0.05) is 0 Å². The van der Waals surface area contributed by atoms with Crippen LogP contribution in [0.15, 0.2) is 16.6 Å². The van der Waals surface area contributed by atoms with Crippen LogP contribution in [0.4, 0.5) is 0 Å². The molecule has 1 heterocycles. The van der Waals surface area contributed by atoms with Gasteiger partial charge >= 0.3 is 0 Å². The maximum absolute atomic E-state index is 12.0. The Bertz CT molecular complexity index is 528. The molecule has 5 nitrogen and oxygen atoms in total. The van der Waals surface area contributed by atoms with Gasteiger partial charge in [0.15, 0.2) is 11.5 Å². The number of hydrogen-bond donors (Lipinski definition) is 2. The molecule has 130 valence electrons. The Hall–Kier alpha value is -0.630. The number of benzene rings is 1. The highest BCUT2D eigenvalue weighted by molar-refractivity contribution is 9.10. The zero-order chi connectivity index (χ0) is 15.9. The third kappa shape index (κ3) is 6.06. The topological polar surface area (TPSA) is 59.6 Å². The Kier molecular flexibility index (Phi) is 9.12. The first kappa shape index (κ1) is 20.4. The smallest absolute Gasteiger partial charge is 0.221 e. The highest BCUT2D eigenvalue weighted by Crippen LogP contribution is 2.36. The fraction of sp³-hybridized carbons (Fsp3) is 0.533. The summed E-state index contributed by atoms with van der Waals surface area (Å²) in [5.74, 6) is 3.48. The molecule has 23 heavy (non-hydrogen) atoms. The van der Waals surface area contributed by atoms with Crippen LogP contribution in [0.5, 0.6) is 11.5 Å². The predicted octanol–water partition coefficient (Wildman–Crippen LogP) is 2.60. The summed E-state index contributed by atoms with van der Waals surface area (Å²) in [5, 5.41) is 6.32. The number of halogens is 2. The van der Waals surface area contributed by atoms with Gasteiger partial charge < -0.3 is 20.1 Å². The van der Waals surface area contributed by atoms with Crippen molar-refractivity contribution in [2.24, 2.45) is 0 Å². The maximum Gasteiger partial charge on any atom is 0.221 e. The zero-order valence-electron chi connectivity index (χ0n) is 13.2.